The van der Waals surface area contributed by atoms with Crippen LogP contribution in [0.2, 0.25) is 0 Å². The fourth-order valence-corrected chi connectivity index (χ4v) is 2.14. The van der Waals surface area contributed by atoms with Gasteiger partial charge in [0.2, 0.25) is 0 Å². The van der Waals surface area contributed by atoms with Crippen molar-refractivity contribution >= 4 is 12.4 Å². The molecule has 0 bridgehead atoms. The van der Waals surface area contributed by atoms with Crippen molar-refractivity contribution < 1.29 is 14.6 Å². The number of aromatic hydroxyl groups is 2. The van der Waals surface area contributed by atoms with Gasteiger partial charge in [0.1, 0.15) is 6.67 Å². The Bertz CT molecular complexity index is 386. The molecular weight excluding hydrogens is 259 g/mol. The van der Waals surface area contributed by atoms with Gasteiger partial charge in [0.05, 0.1) is 6.04 Å². The van der Waals surface area contributed by atoms with Gasteiger partial charge in [0, 0.05) is 26.2 Å². The Balaban J connectivity index is 0.00000162. The third-order valence-electron chi connectivity index (χ3n) is 3.12. The number of hydrogen-bond acceptors (Lipinski definition) is 4. The molecule has 1 fully saturated rings. The van der Waals surface area contributed by atoms with Gasteiger partial charge < -0.3 is 15.5 Å². The minimum absolute atomic E-state index is 0. The molecule has 0 unspecified atom stereocenters. The monoisotopic (exact) mass is 276 g/mol. The van der Waals surface area contributed by atoms with Crippen LogP contribution in [0.25, 0.3) is 0 Å². The van der Waals surface area contributed by atoms with E-state index in [1.54, 1.807) is 6.07 Å². The van der Waals surface area contributed by atoms with Gasteiger partial charge in [0.25, 0.3) is 0 Å². The Morgan fingerprint density at radius 1 is 1.22 bits per heavy atom. The summed E-state index contributed by atoms with van der Waals surface area (Å²) in [5.41, 5.74) is 0.699. The highest BCUT2D eigenvalue weighted by molar-refractivity contribution is 5.85. The lowest BCUT2D eigenvalue weighted by atomic mass is 10.0. The molecule has 0 aliphatic carbocycles. The predicted molar refractivity (Wildman–Crippen MR) is 70.2 cm³/mol. The van der Waals surface area contributed by atoms with Crippen LogP contribution in [0, 0.1) is 0 Å². The molecule has 0 saturated carbocycles. The maximum Gasteiger partial charge on any atom is 0.157 e. The van der Waals surface area contributed by atoms with Gasteiger partial charge in [-0.3, -0.25) is 4.90 Å². The summed E-state index contributed by atoms with van der Waals surface area (Å²) in [6.45, 7) is 2.78. The molecule has 0 amide bonds. The Morgan fingerprint density at radius 2 is 1.89 bits per heavy atom. The van der Waals surface area contributed by atoms with Crippen molar-refractivity contribution in [1.82, 2.24) is 10.2 Å². The summed E-state index contributed by atoms with van der Waals surface area (Å²) in [4.78, 5) is 2.04. The number of phenols is 2. The zero-order chi connectivity index (χ0) is 12.3. The third-order valence-corrected chi connectivity index (χ3v) is 3.12. The summed E-state index contributed by atoms with van der Waals surface area (Å²) in [6.07, 6.45) is 0. The highest BCUT2D eigenvalue weighted by atomic mass is 35.5. The largest absolute Gasteiger partial charge is 0.504 e. The molecule has 4 nitrogen and oxygen atoms in total. The van der Waals surface area contributed by atoms with Crippen molar-refractivity contribution in [2.45, 2.75) is 6.04 Å². The molecule has 0 aromatic heterocycles. The summed E-state index contributed by atoms with van der Waals surface area (Å²) in [5, 5.41) is 21.9. The van der Waals surface area contributed by atoms with E-state index >= 15 is 0 Å². The van der Waals surface area contributed by atoms with Gasteiger partial charge in [0.15, 0.2) is 11.5 Å². The van der Waals surface area contributed by atoms with Crippen LogP contribution in [-0.4, -0.2) is 48.0 Å². The Hall–Kier alpha value is -1.04. The maximum absolute atomic E-state index is 13.2. The van der Waals surface area contributed by atoms with Gasteiger partial charge in [-0.25, -0.2) is 4.39 Å². The zero-order valence-electron chi connectivity index (χ0n) is 9.97. The second-order valence-corrected chi connectivity index (χ2v) is 4.20. The molecule has 1 aliphatic heterocycles. The fourth-order valence-electron chi connectivity index (χ4n) is 2.14. The molecule has 2 rings (SSSR count). The average Bonchev–Trinajstić information content (AvgIpc) is 2.36. The van der Waals surface area contributed by atoms with E-state index in [9.17, 15) is 14.6 Å². The van der Waals surface area contributed by atoms with Crippen LogP contribution in [0.15, 0.2) is 18.2 Å². The first kappa shape index (κ1) is 15.0. The molecule has 102 valence electrons. The number of rotatable bonds is 3. The van der Waals surface area contributed by atoms with E-state index in [2.05, 4.69) is 5.32 Å². The highest BCUT2D eigenvalue weighted by Gasteiger charge is 2.22. The Morgan fingerprint density at radius 3 is 2.44 bits per heavy atom. The molecule has 1 saturated heterocycles. The molecule has 1 aliphatic rings. The first-order valence-corrected chi connectivity index (χ1v) is 5.75. The zero-order valence-corrected chi connectivity index (χ0v) is 10.8. The lowest BCUT2D eigenvalue weighted by molar-refractivity contribution is 0.147. The van der Waals surface area contributed by atoms with E-state index in [0.29, 0.717) is 5.56 Å². The molecule has 1 aromatic carbocycles. The lowest BCUT2D eigenvalue weighted by Crippen LogP contribution is -2.45. The van der Waals surface area contributed by atoms with Crippen LogP contribution in [0.4, 0.5) is 4.39 Å². The molecule has 3 N–H and O–H groups in total. The summed E-state index contributed by atoms with van der Waals surface area (Å²) in [7, 11) is 0. The molecule has 1 atom stereocenters. The highest BCUT2D eigenvalue weighted by Crippen LogP contribution is 2.30. The van der Waals surface area contributed by atoms with Crippen molar-refractivity contribution in [3.63, 3.8) is 0 Å². The summed E-state index contributed by atoms with van der Waals surface area (Å²) in [6, 6.07) is 4.14. The van der Waals surface area contributed by atoms with Crippen LogP contribution in [0.1, 0.15) is 11.6 Å². The first-order valence-electron chi connectivity index (χ1n) is 5.75. The van der Waals surface area contributed by atoms with E-state index in [-0.39, 0.29) is 29.9 Å². The van der Waals surface area contributed by atoms with Crippen molar-refractivity contribution in [1.29, 1.82) is 0 Å². The maximum atomic E-state index is 13.2. The van der Waals surface area contributed by atoms with Crippen LogP contribution >= 0.6 is 12.4 Å². The normalized spacial score (nSPS) is 18.1. The van der Waals surface area contributed by atoms with Gasteiger partial charge in [-0.05, 0) is 17.7 Å². The number of piperazine rings is 1. The lowest BCUT2D eigenvalue weighted by Gasteiger charge is -2.33. The number of benzene rings is 1. The van der Waals surface area contributed by atoms with Gasteiger partial charge in [-0.1, -0.05) is 6.07 Å². The number of hydrogen-bond donors (Lipinski definition) is 3. The summed E-state index contributed by atoms with van der Waals surface area (Å²) < 4.78 is 13.2. The minimum Gasteiger partial charge on any atom is -0.504 e. The first-order chi connectivity index (χ1) is 8.22. The van der Waals surface area contributed by atoms with Crippen molar-refractivity contribution in [3.8, 4) is 11.5 Å². The quantitative estimate of drug-likeness (QED) is 0.731. The minimum atomic E-state index is -0.496. The van der Waals surface area contributed by atoms with Crippen LogP contribution < -0.4 is 5.32 Å². The number of phenolic OH excluding ortho intramolecular Hbond substituents is 2. The Kier molecular flexibility index (Phi) is 5.65. The smallest absolute Gasteiger partial charge is 0.157 e. The van der Waals surface area contributed by atoms with Crippen molar-refractivity contribution in [2.75, 3.05) is 32.9 Å². The third kappa shape index (κ3) is 3.25. The van der Waals surface area contributed by atoms with Gasteiger partial charge in [-0.2, -0.15) is 0 Å². The van der Waals surface area contributed by atoms with Gasteiger partial charge >= 0.3 is 0 Å². The molecule has 6 heteroatoms. The van der Waals surface area contributed by atoms with E-state index in [4.69, 9.17) is 0 Å². The van der Waals surface area contributed by atoms with Gasteiger partial charge in [-0.15, -0.1) is 12.4 Å². The van der Waals surface area contributed by atoms with Crippen molar-refractivity contribution in [2.24, 2.45) is 0 Å². The second-order valence-electron chi connectivity index (χ2n) is 4.20. The molecule has 0 spiro atoms. The average molecular weight is 277 g/mol. The Labute approximate surface area is 112 Å². The fraction of sp³-hybridized carbons (Fsp3) is 0.500. The molecule has 1 heterocycles. The SMILES string of the molecule is Cl.Oc1ccc([C@@H](CF)N2CCNCC2)cc1O. The standard InChI is InChI=1S/C12H17FN2O2.ClH/c13-8-10(15-5-3-14-4-6-15)9-1-2-11(16)12(17)7-9;/h1-2,7,10,14,16-17H,3-6,8H2;1H/t10-;/m1./s1. The molecule has 0 radical (unpaired) electrons. The molecule has 1 aromatic rings. The van der Waals surface area contributed by atoms with E-state index in [1.807, 2.05) is 4.90 Å². The van der Waals surface area contributed by atoms with E-state index < -0.39 is 6.67 Å². The summed E-state index contributed by atoms with van der Waals surface area (Å²) in [5.74, 6) is -0.372. The molecule has 18 heavy (non-hydrogen) atoms. The van der Waals surface area contributed by atoms with Crippen LogP contribution in [0.5, 0.6) is 11.5 Å². The number of nitrogens with one attached hydrogen (secondary N) is 1. The van der Waals surface area contributed by atoms with Crippen LogP contribution in [-0.2, 0) is 0 Å². The van der Waals surface area contributed by atoms with Crippen LogP contribution in [0.3, 0.4) is 0 Å². The van der Waals surface area contributed by atoms with E-state index in [0.717, 1.165) is 26.2 Å². The number of halogens is 2. The predicted octanol–water partition coefficient (Wildman–Crippen LogP) is 1.44. The topological polar surface area (TPSA) is 55.7 Å². The number of alkyl halides is 1. The van der Waals surface area contributed by atoms with E-state index in [1.165, 1.54) is 12.1 Å². The molecular formula is C12H18ClFN2O2. The van der Waals surface area contributed by atoms with Crippen molar-refractivity contribution in [3.05, 3.63) is 23.8 Å². The number of nitrogens with zero attached hydrogens (tertiary/aromatic N) is 1. The second kappa shape index (κ2) is 6.78. The summed E-state index contributed by atoms with van der Waals surface area (Å²) >= 11 is 0.